The minimum atomic E-state index is -0.388. The summed E-state index contributed by atoms with van der Waals surface area (Å²) in [6, 6.07) is 16.8. The van der Waals surface area contributed by atoms with Crippen molar-refractivity contribution in [3.8, 4) is 11.5 Å². The first-order valence-electron chi connectivity index (χ1n) is 7.87. The van der Waals surface area contributed by atoms with Crippen LogP contribution in [0.1, 0.15) is 17.4 Å². The van der Waals surface area contributed by atoms with E-state index in [-0.39, 0.29) is 12.6 Å². The van der Waals surface area contributed by atoms with Crippen LogP contribution >= 0.6 is 0 Å². The lowest BCUT2D eigenvalue weighted by molar-refractivity contribution is 0.0445. The largest absolute Gasteiger partial charge is 0.494 e. The summed E-state index contributed by atoms with van der Waals surface area (Å²) in [5, 5.41) is 0.982. The van der Waals surface area contributed by atoms with Gasteiger partial charge in [-0.25, -0.2) is 4.79 Å². The molecule has 0 saturated carbocycles. The fourth-order valence-electron chi connectivity index (χ4n) is 2.35. The fraction of sp³-hybridized carbons (Fsp3) is 0.211. The average Bonchev–Trinajstić information content (AvgIpc) is 3.04. The lowest BCUT2D eigenvalue weighted by Crippen LogP contribution is -2.12. The number of carbonyl (C=O) groups is 1. The van der Waals surface area contributed by atoms with Crippen molar-refractivity contribution >= 4 is 16.9 Å². The molecular weight excluding hydrogens is 306 g/mol. The van der Waals surface area contributed by atoms with Gasteiger partial charge in [-0.1, -0.05) is 18.2 Å². The number of benzene rings is 2. The molecule has 0 bridgehead atoms. The summed E-state index contributed by atoms with van der Waals surface area (Å²) < 4.78 is 16.1. The number of hydrogen-bond donors (Lipinski definition) is 1. The second-order valence-corrected chi connectivity index (χ2v) is 5.16. The lowest BCUT2D eigenvalue weighted by atomic mass is 10.2. The minimum absolute atomic E-state index is 0.182. The highest BCUT2D eigenvalue weighted by molar-refractivity contribution is 5.94. The van der Waals surface area contributed by atoms with Crippen LogP contribution in [0, 0.1) is 0 Å². The van der Waals surface area contributed by atoms with Gasteiger partial charge < -0.3 is 19.2 Å². The highest BCUT2D eigenvalue weighted by Gasteiger charge is 2.10. The molecule has 2 aromatic carbocycles. The lowest BCUT2D eigenvalue weighted by Gasteiger charge is -2.08. The number of carbonyl (C=O) groups excluding carboxylic acids is 1. The number of nitrogens with one attached hydrogen (secondary N) is 1. The number of H-pyrrole nitrogens is 1. The molecule has 0 aliphatic carbocycles. The van der Waals surface area contributed by atoms with Gasteiger partial charge in [0.25, 0.3) is 0 Å². The van der Waals surface area contributed by atoms with Crippen molar-refractivity contribution in [3.63, 3.8) is 0 Å². The molecule has 24 heavy (non-hydrogen) atoms. The highest BCUT2D eigenvalue weighted by Crippen LogP contribution is 2.18. The third kappa shape index (κ3) is 3.87. The molecule has 3 rings (SSSR count). The van der Waals surface area contributed by atoms with E-state index in [1.54, 1.807) is 6.07 Å². The number of aromatic nitrogens is 1. The maximum absolute atomic E-state index is 12.0. The van der Waals surface area contributed by atoms with Gasteiger partial charge in [0.05, 0.1) is 6.61 Å². The molecule has 3 aromatic rings. The summed E-state index contributed by atoms with van der Waals surface area (Å²) in [4.78, 5) is 15.1. The molecule has 0 aliphatic rings. The molecule has 0 fully saturated rings. The molecule has 0 saturated heterocycles. The van der Waals surface area contributed by atoms with Gasteiger partial charge in [0.1, 0.15) is 30.4 Å². The molecule has 0 spiro atoms. The van der Waals surface area contributed by atoms with Crippen LogP contribution in [0.25, 0.3) is 10.9 Å². The predicted octanol–water partition coefficient (Wildman–Crippen LogP) is 3.80. The van der Waals surface area contributed by atoms with E-state index in [0.717, 1.165) is 16.7 Å². The van der Waals surface area contributed by atoms with E-state index in [1.807, 2.05) is 55.5 Å². The van der Waals surface area contributed by atoms with Crippen molar-refractivity contribution in [2.45, 2.75) is 6.92 Å². The second-order valence-electron chi connectivity index (χ2n) is 5.16. The Labute approximate surface area is 140 Å². The maximum atomic E-state index is 12.0. The first kappa shape index (κ1) is 15.9. The summed E-state index contributed by atoms with van der Waals surface area (Å²) in [5.41, 5.74) is 1.35. The van der Waals surface area contributed by atoms with Gasteiger partial charge in [0.2, 0.25) is 0 Å². The number of para-hydroxylation sites is 1. The van der Waals surface area contributed by atoms with Gasteiger partial charge >= 0.3 is 5.97 Å². The molecule has 0 aliphatic heterocycles. The van der Waals surface area contributed by atoms with Crippen molar-refractivity contribution in [3.05, 3.63) is 60.3 Å². The molecule has 5 nitrogen and oxygen atoms in total. The molecule has 0 amide bonds. The Kier molecular flexibility index (Phi) is 5.01. The first-order valence-corrected chi connectivity index (χ1v) is 7.87. The Morgan fingerprint density at radius 1 is 0.958 bits per heavy atom. The molecule has 0 radical (unpaired) electrons. The standard InChI is InChI=1S/C19H19NO4/c1-2-22-15-7-9-16(10-8-15)23-11-12-24-19(21)18-13-14-5-3-4-6-17(14)20-18/h3-10,13,20H,2,11-12H2,1H3. The van der Waals surface area contributed by atoms with Gasteiger partial charge in [-0.15, -0.1) is 0 Å². The zero-order valence-electron chi connectivity index (χ0n) is 13.5. The monoisotopic (exact) mass is 325 g/mol. The number of rotatable bonds is 7. The van der Waals surface area contributed by atoms with Crippen LogP contribution in [0.15, 0.2) is 54.6 Å². The van der Waals surface area contributed by atoms with Crippen LogP contribution in [-0.4, -0.2) is 30.8 Å². The normalized spacial score (nSPS) is 10.5. The summed E-state index contributed by atoms with van der Waals surface area (Å²) in [6.45, 7) is 3.04. The number of fused-ring (bicyclic) bond motifs is 1. The summed E-state index contributed by atoms with van der Waals surface area (Å²) in [5.74, 6) is 1.12. The Bertz CT molecular complexity index is 775. The van der Waals surface area contributed by atoms with Crippen LogP contribution in [0.4, 0.5) is 0 Å². The van der Waals surface area contributed by atoms with Gasteiger partial charge in [-0.3, -0.25) is 0 Å². The van der Waals surface area contributed by atoms with Crippen LogP contribution < -0.4 is 9.47 Å². The van der Waals surface area contributed by atoms with E-state index in [2.05, 4.69) is 4.98 Å². The van der Waals surface area contributed by atoms with Crippen molar-refractivity contribution in [2.24, 2.45) is 0 Å². The van der Waals surface area contributed by atoms with Gasteiger partial charge in [0, 0.05) is 10.9 Å². The van der Waals surface area contributed by atoms with Crippen molar-refractivity contribution < 1.29 is 19.0 Å². The van der Waals surface area contributed by atoms with E-state index < -0.39 is 0 Å². The molecular formula is C19H19NO4. The molecule has 5 heteroatoms. The first-order chi connectivity index (χ1) is 11.8. The van der Waals surface area contributed by atoms with E-state index >= 15 is 0 Å². The Hall–Kier alpha value is -2.95. The van der Waals surface area contributed by atoms with Crippen molar-refractivity contribution in [1.82, 2.24) is 4.98 Å². The SMILES string of the molecule is CCOc1ccc(OCCOC(=O)c2cc3ccccc3[nH]2)cc1. The molecule has 124 valence electrons. The van der Waals surface area contributed by atoms with E-state index in [1.165, 1.54) is 0 Å². The summed E-state index contributed by atoms with van der Waals surface area (Å²) in [6.07, 6.45) is 0. The Morgan fingerprint density at radius 3 is 2.38 bits per heavy atom. The number of hydrogen-bond acceptors (Lipinski definition) is 4. The van der Waals surface area contributed by atoms with Gasteiger partial charge in [0.15, 0.2) is 0 Å². The number of aromatic amines is 1. The maximum Gasteiger partial charge on any atom is 0.354 e. The topological polar surface area (TPSA) is 60.6 Å². The zero-order valence-corrected chi connectivity index (χ0v) is 13.5. The van der Waals surface area contributed by atoms with Crippen LogP contribution in [-0.2, 0) is 4.74 Å². The van der Waals surface area contributed by atoms with Crippen molar-refractivity contribution in [1.29, 1.82) is 0 Å². The third-order valence-corrected chi connectivity index (χ3v) is 3.47. The third-order valence-electron chi connectivity index (χ3n) is 3.47. The molecule has 1 heterocycles. The van der Waals surface area contributed by atoms with Gasteiger partial charge in [-0.2, -0.15) is 0 Å². The molecule has 1 N–H and O–H groups in total. The van der Waals surface area contributed by atoms with Crippen LogP contribution in [0.2, 0.25) is 0 Å². The van der Waals surface area contributed by atoms with Crippen LogP contribution in [0.5, 0.6) is 11.5 Å². The van der Waals surface area contributed by atoms with E-state index in [9.17, 15) is 4.79 Å². The minimum Gasteiger partial charge on any atom is -0.494 e. The van der Waals surface area contributed by atoms with Gasteiger partial charge in [-0.05, 0) is 43.3 Å². The quantitative estimate of drug-likeness (QED) is 0.530. The van der Waals surface area contributed by atoms with E-state index in [4.69, 9.17) is 14.2 Å². The summed E-state index contributed by atoms with van der Waals surface area (Å²) in [7, 11) is 0. The Morgan fingerprint density at radius 2 is 1.67 bits per heavy atom. The number of ether oxygens (including phenoxy) is 3. The Balaban J connectivity index is 1.46. The zero-order chi connectivity index (χ0) is 16.8. The van der Waals surface area contributed by atoms with Crippen molar-refractivity contribution in [2.75, 3.05) is 19.8 Å². The average molecular weight is 325 g/mol. The molecule has 1 aromatic heterocycles. The smallest absolute Gasteiger partial charge is 0.354 e. The second kappa shape index (κ2) is 7.55. The molecule has 0 unspecified atom stereocenters. The highest BCUT2D eigenvalue weighted by atomic mass is 16.6. The number of esters is 1. The fourth-order valence-corrected chi connectivity index (χ4v) is 2.35. The predicted molar refractivity (Wildman–Crippen MR) is 91.7 cm³/mol. The van der Waals surface area contributed by atoms with E-state index in [0.29, 0.717) is 24.7 Å². The van der Waals surface area contributed by atoms with Crippen LogP contribution in [0.3, 0.4) is 0 Å². The molecule has 0 atom stereocenters. The summed E-state index contributed by atoms with van der Waals surface area (Å²) >= 11 is 0.